The van der Waals surface area contributed by atoms with E-state index in [1.165, 1.54) is 0 Å². The van der Waals surface area contributed by atoms with Gasteiger partial charge in [0.15, 0.2) is 15.9 Å². The molecular formula is C14H14BrN5O3. The van der Waals surface area contributed by atoms with Crippen molar-refractivity contribution in [3.63, 3.8) is 0 Å². The van der Waals surface area contributed by atoms with Gasteiger partial charge in [0.25, 0.3) is 5.56 Å². The van der Waals surface area contributed by atoms with Crippen molar-refractivity contribution < 1.29 is 9.47 Å². The summed E-state index contributed by atoms with van der Waals surface area (Å²) in [5, 5.41) is 0. The zero-order valence-corrected chi connectivity index (χ0v) is 14.0. The van der Waals surface area contributed by atoms with Crippen LogP contribution in [0.1, 0.15) is 5.56 Å². The molecule has 0 spiro atoms. The number of nitrogen functional groups attached to an aromatic ring is 1. The van der Waals surface area contributed by atoms with Gasteiger partial charge in [0.05, 0.1) is 26.3 Å². The Morgan fingerprint density at radius 2 is 1.91 bits per heavy atom. The molecule has 3 rings (SSSR count). The van der Waals surface area contributed by atoms with Gasteiger partial charge in [-0.15, -0.1) is 0 Å². The van der Waals surface area contributed by atoms with E-state index in [2.05, 4.69) is 30.9 Å². The fraction of sp³-hybridized carbons (Fsp3) is 0.214. The number of halogens is 1. The van der Waals surface area contributed by atoms with E-state index in [1.807, 2.05) is 18.2 Å². The number of rotatable bonds is 4. The number of ether oxygens (including phenoxy) is 2. The van der Waals surface area contributed by atoms with E-state index >= 15 is 0 Å². The summed E-state index contributed by atoms with van der Waals surface area (Å²) >= 11 is 3.36. The van der Waals surface area contributed by atoms with E-state index in [-0.39, 0.29) is 17.0 Å². The van der Waals surface area contributed by atoms with Gasteiger partial charge in [0.2, 0.25) is 5.95 Å². The fourth-order valence-corrected chi connectivity index (χ4v) is 2.85. The van der Waals surface area contributed by atoms with Gasteiger partial charge in [0.1, 0.15) is 11.5 Å². The average Bonchev–Trinajstić information content (AvgIpc) is 2.84. The molecular weight excluding hydrogens is 366 g/mol. The summed E-state index contributed by atoms with van der Waals surface area (Å²) < 4.78 is 13.0. The van der Waals surface area contributed by atoms with Crippen LogP contribution in [-0.2, 0) is 6.54 Å². The van der Waals surface area contributed by atoms with Gasteiger partial charge in [-0.1, -0.05) is 6.07 Å². The van der Waals surface area contributed by atoms with Gasteiger partial charge in [0, 0.05) is 0 Å². The Labute approximate surface area is 139 Å². The second-order valence-electron chi connectivity index (χ2n) is 4.73. The normalized spacial score (nSPS) is 10.9. The third-order valence-corrected chi connectivity index (χ3v) is 4.03. The molecule has 0 unspecified atom stereocenters. The van der Waals surface area contributed by atoms with Gasteiger partial charge < -0.3 is 15.2 Å². The van der Waals surface area contributed by atoms with Crippen LogP contribution in [-0.4, -0.2) is 33.7 Å². The standard InChI is InChI=1S/C14H14BrN5O3/c1-22-8-4-3-5-9(23-2)7(8)6-20-11-10(17-13(20)15)12(21)19-14(16)18-11/h3-5H,6H2,1-2H3,(H3,16,18,19,21). The second-order valence-corrected chi connectivity index (χ2v) is 5.44. The topological polar surface area (TPSA) is 108 Å². The summed E-state index contributed by atoms with van der Waals surface area (Å²) in [5.74, 6) is 1.36. The van der Waals surface area contributed by atoms with Crippen LogP contribution < -0.4 is 20.8 Å². The summed E-state index contributed by atoms with van der Waals surface area (Å²) in [4.78, 5) is 22.7. The predicted molar refractivity (Wildman–Crippen MR) is 88.9 cm³/mol. The summed E-state index contributed by atoms with van der Waals surface area (Å²) in [6.07, 6.45) is 0. The smallest absolute Gasteiger partial charge is 0.280 e. The number of aromatic amines is 1. The maximum absolute atomic E-state index is 11.9. The zero-order chi connectivity index (χ0) is 16.6. The van der Waals surface area contributed by atoms with Crippen molar-refractivity contribution in [3.8, 4) is 11.5 Å². The average molecular weight is 380 g/mol. The molecule has 1 aromatic carbocycles. The maximum atomic E-state index is 11.9. The summed E-state index contributed by atoms with van der Waals surface area (Å²) in [6, 6.07) is 5.50. The molecule has 0 saturated heterocycles. The van der Waals surface area contributed by atoms with Crippen LogP contribution >= 0.6 is 15.9 Å². The van der Waals surface area contributed by atoms with Gasteiger partial charge in [-0.25, -0.2) is 4.98 Å². The third kappa shape index (κ3) is 2.63. The molecule has 0 amide bonds. The summed E-state index contributed by atoms with van der Waals surface area (Å²) in [6.45, 7) is 0.347. The minimum atomic E-state index is -0.390. The first-order valence-electron chi connectivity index (χ1n) is 6.66. The minimum absolute atomic E-state index is 0.0307. The Hall–Kier alpha value is -2.55. The van der Waals surface area contributed by atoms with Crippen LogP contribution in [0.2, 0.25) is 0 Å². The maximum Gasteiger partial charge on any atom is 0.280 e. The Balaban J connectivity index is 2.20. The molecule has 0 aliphatic carbocycles. The molecule has 120 valence electrons. The number of nitrogens with zero attached hydrogens (tertiary/aromatic N) is 3. The Kier molecular flexibility index (Phi) is 3.95. The molecule has 0 aliphatic rings. The Morgan fingerprint density at radius 1 is 1.26 bits per heavy atom. The van der Waals surface area contributed by atoms with Crippen molar-refractivity contribution in [1.29, 1.82) is 0 Å². The number of aromatic nitrogens is 4. The fourth-order valence-electron chi connectivity index (χ4n) is 2.38. The zero-order valence-electron chi connectivity index (χ0n) is 12.5. The van der Waals surface area contributed by atoms with Crippen molar-refractivity contribution >= 4 is 33.0 Å². The van der Waals surface area contributed by atoms with E-state index in [1.54, 1.807) is 18.8 Å². The highest BCUT2D eigenvalue weighted by Gasteiger charge is 2.18. The number of nitrogens with one attached hydrogen (secondary N) is 1. The lowest BCUT2D eigenvalue weighted by Crippen LogP contribution is -2.12. The second kappa shape index (κ2) is 5.92. The van der Waals surface area contributed by atoms with Gasteiger partial charge in [-0.05, 0) is 28.1 Å². The molecule has 0 saturated carbocycles. The minimum Gasteiger partial charge on any atom is -0.496 e. The monoisotopic (exact) mass is 379 g/mol. The molecule has 0 atom stereocenters. The Morgan fingerprint density at radius 3 is 2.52 bits per heavy atom. The van der Waals surface area contributed by atoms with Crippen LogP contribution in [0, 0.1) is 0 Å². The molecule has 0 bridgehead atoms. The van der Waals surface area contributed by atoms with Crippen molar-refractivity contribution in [3.05, 3.63) is 38.9 Å². The number of fused-ring (bicyclic) bond motifs is 1. The van der Waals surface area contributed by atoms with Gasteiger partial charge >= 0.3 is 0 Å². The van der Waals surface area contributed by atoms with Crippen molar-refractivity contribution in [2.75, 3.05) is 20.0 Å². The summed E-state index contributed by atoms with van der Waals surface area (Å²) in [5.41, 5.74) is 6.64. The molecule has 0 radical (unpaired) electrons. The predicted octanol–water partition coefficient (Wildman–Crippen LogP) is 1.53. The van der Waals surface area contributed by atoms with E-state index < -0.39 is 0 Å². The van der Waals surface area contributed by atoms with Crippen LogP contribution in [0.5, 0.6) is 11.5 Å². The number of anilines is 1. The first kappa shape index (κ1) is 15.3. The number of H-pyrrole nitrogens is 1. The van der Waals surface area contributed by atoms with Crippen molar-refractivity contribution in [1.82, 2.24) is 19.5 Å². The summed E-state index contributed by atoms with van der Waals surface area (Å²) in [7, 11) is 3.17. The number of imidazole rings is 1. The number of hydrogen-bond donors (Lipinski definition) is 2. The van der Waals surface area contributed by atoms with Crippen molar-refractivity contribution in [2.24, 2.45) is 0 Å². The molecule has 2 aromatic heterocycles. The lowest BCUT2D eigenvalue weighted by Gasteiger charge is -2.14. The van der Waals surface area contributed by atoms with Crippen LogP contribution in [0.25, 0.3) is 11.2 Å². The molecule has 9 heteroatoms. The van der Waals surface area contributed by atoms with Crippen LogP contribution in [0.4, 0.5) is 5.95 Å². The number of benzene rings is 1. The molecule has 3 aromatic rings. The Bertz CT molecular complexity index is 912. The number of nitrogens with two attached hydrogens (primary N) is 1. The highest BCUT2D eigenvalue weighted by atomic mass is 79.9. The van der Waals surface area contributed by atoms with Crippen molar-refractivity contribution in [2.45, 2.75) is 6.54 Å². The largest absolute Gasteiger partial charge is 0.496 e. The van der Waals surface area contributed by atoms with Gasteiger partial charge in [-0.3, -0.25) is 14.3 Å². The molecule has 0 aliphatic heterocycles. The van der Waals surface area contributed by atoms with E-state index in [0.29, 0.717) is 28.4 Å². The molecule has 0 fully saturated rings. The van der Waals surface area contributed by atoms with Gasteiger partial charge in [-0.2, -0.15) is 4.98 Å². The number of methoxy groups -OCH3 is 2. The molecule has 2 heterocycles. The molecule has 8 nitrogen and oxygen atoms in total. The first-order chi connectivity index (χ1) is 11.0. The lowest BCUT2D eigenvalue weighted by atomic mass is 10.1. The SMILES string of the molecule is COc1cccc(OC)c1Cn1c(Br)nc2c(=O)[nH]c(N)nc21. The van der Waals surface area contributed by atoms with E-state index in [0.717, 1.165) is 5.56 Å². The van der Waals surface area contributed by atoms with E-state index in [4.69, 9.17) is 15.2 Å². The third-order valence-electron chi connectivity index (χ3n) is 3.42. The molecule has 3 N–H and O–H groups in total. The molecule has 23 heavy (non-hydrogen) atoms. The quantitative estimate of drug-likeness (QED) is 0.665. The highest BCUT2D eigenvalue weighted by Crippen LogP contribution is 2.31. The van der Waals surface area contributed by atoms with Crippen LogP contribution in [0.3, 0.4) is 0 Å². The lowest BCUT2D eigenvalue weighted by molar-refractivity contribution is 0.383. The first-order valence-corrected chi connectivity index (χ1v) is 7.45. The van der Waals surface area contributed by atoms with E-state index in [9.17, 15) is 4.79 Å². The highest BCUT2D eigenvalue weighted by molar-refractivity contribution is 9.10. The van der Waals surface area contributed by atoms with Crippen LogP contribution in [0.15, 0.2) is 27.7 Å². The number of hydrogen-bond acceptors (Lipinski definition) is 6.